The van der Waals surface area contributed by atoms with E-state index in [2.05, 4.69) is 29.6 Å². The van der Waals surface area contributed by atoms with Gasteiger partial charge in [0.2, 0.25) is 0 Å². The predicted octanol–water partition coefficient (Wildman–Crippen LogP) is 3.57. The second kappa shape index (κ2) is 6.06. The van der Waals surface area contributed by atoms with Gasteiger partial charge in [-0.3, -0.25) is 10.1 Å². The molecule has 1 unspecified atom stereocenters. The van der Waals surface area contributed by atoms with Crippen molar-refractivity contribution >= 4 is 16.7 Å². The van der Waals surface area contributed by atoms with Gasteiger partial charge in [0.25, 0.3) is 0 Å². The van der Waals surface area contributed by atoms with Gasteiger partial charge in [0.1, 0.15) is 5.54 Å². The summed E-state index contributed by atoms with van der Waals surface area (Å²) in [5, 5.41) is 14.9. The van der Waals surface area contributed by atoms with Gasteiger partial charge < -0.3 is 5.11 Å². The van der Waals surface area contributed by atoms with Crippen molar-refractivity contribution in [2.45, 2.75) is 38.8 Å². The lowest BCUT2D eigenvalue weighted by Gasteiger charge is -2.26. The number of benzene rings is 2. The lowest BCUT2D eigenvalue weighted by atomic mass is 9.95. The number of fused-ring (bicyclic) bond motifs is 1. The van der Waals surface area contributed by atoms with E-state index in [9.17, 15) is 9.90 Å². The van der Waals surface area contributed by atoms with Crippen molar-refractivity contribution < 1.29 is 9.90 Å². The van der Waals surface area contributed by atoms with E-state index in [1.165, 1.54) is 10.8 Å². The zero-order valence-corrected chi connectivity index (χ0v) is 12.0. The van der Waals surface area contributed by atoms with Crippen molar-refractivity contribution in [2.75, 3.05) is 0 Å². The molecule has 0 saturated heterocycles. The third-order valence-electron chi connectivity index (χ3n) is 3.72. The fraction of sp³-hybridized carbons (Fsp3) is 0.353. The van der Waals surface area contributed by atoms with E-state index in [1.807, 2.05) is 25.1 Å². The van der Waals surface area contributed by atoms with Crippen LogP contribution in [0.4, 0.5) is 0 Å². The molecular weight excluding hydrogens is 250 g/mol. The van der Waals surface area contributed by atoms with Crippen LogP contribution in [-0.4, -0.2) is 16.6 Å². The van der Waals surface area contributed by atoms with Crippen LogP contribution < -0.4 is 5.32 Å². The van der Waals surface area contributed by atoms with E-state index in [-0.39, 0.29) is 0 Å². The Hall–Kier alpha value is -1.87. The van der Waals surface area contributed by atoms with E-state index >= 15 is 0 Å². The monoisotopic (exact) mass is 271 g/mol. The Morgan fingerprint density at radius 1 is 1.20 bits per heavy atom. The number of carboxylic acids is 1. The molecule has 0 aliphatic rings. The van der Waals surface area contributed by atoms with Crippen molar-refractivity contribution in [3.05, 3.63) is 48.0 Å². The zero-order valence-electron chi connectivity index (χ0n) is 12.0. The highest BCUT2D eigenvalue weighted by molar-refractivity contribution is 5.83. The largest absolute Gasteiger partial charge is 0.480 e. The number of rotatable bonds is 6. The molecule has 0 aliphatic heterocycles. The van der Waals surface area contributed by atoms with Crippen LogP contribution >= 0.6 is 0 Å². The summed E-state index contributed by atoms with van der Waals surface area (Å²) in [6.45, 7) is 4.31. The topological polar surface area (TPSA) is 49.3 Å². The van der Waals surface area contributed by atoms with Gasteiger partial charge in [-0.25, -0.2) is 0 Å². The van der Waals surface area contributed by atoms with Crippen molar-refractivity contribution in [1.82, 2.24) is 5.32 Å². The van der Waals surface area contributed by atoms with E-state index in [0.717, 1.165) is 12.0 Å². The summed E-state index contributed by atoms with van der Waals surface area (Å²) in [6, 6.07) is 14.4. The smallest absolute Gasteiger partial charge is 0.323 e. The number of carboxylic acid groups (broad SMARTS) is 1. The fourth-order valence-corrected chi connectivity index (χ4v) is 2.42. The molecule has 0 bridgehead atoms. The molecule has 3 heteroatoms. The maximum Gasteiger partial charge on any atom is 0.323 e. The first-order chi connectivity index (χ1) is 9.55. The van der Waals surface area contributed by atoms with Crippen LogP contribution in [0.2, 0.25) is 0 Å². The van der Waals surface area contributed by atoms with Gasteiger partial charge in [-0.1, -0.05) is 49.7 Å². The average Bonchev–Trinajstić information content (AvgIpc) is 2.45. The quantitative estimate of drug-likeness (QED) is 0.844. The van der Waals surface area contributed by atoms with Gasteiger partial charge in [0, 0.05) is 6.54 Å². The van der Waals surface area contributed by atoms with E-state index in [1.54, 1.807) is 6.92 Å². The summed E-state index contributed by atoms with van der Waals surface area (Å²) in [7, 11) is 0. The lowest BCUT2D eigenvalue weighted by Crippen LogP contribution is -2.48. The molecular formula is C17H21NO2. The van der Waals surface area contributed by atoms with Crippen molar-refractivity contribution in [1.29, 1.82) is 0 Å². The van der Waals surface area contributed by atoms with Gasteiger partial charge in [0.05, 0.1) is 0 Å². The highest BCUT2D eigenvalue weighted by atomic mass is 16.4. The molecule has 0 aliphatic carbocycles. The average molecular weight is 271 g/mol. The Kier molecular flexibility index (Phi) is 4.40. The van der Waals surface area contributed by atoms with E-state index in [0.29, 0.717) is 13.0 Å². The second-order valence-corrected chi connectivity index (χ2v) is 5.42. The van der Waals surface area contributed by atoms with Gasteiger partial charge in [0.15, 0.2) is 0 Å². The first-order valence-corrected chi connectivity index (χ1v) is 7.01. The number of nitrogens with one attached hydrogen (secondary N) is 1. The second-order valence-electron chi connectivity index (χ2n) is 5.42. The molecule has 2 N–H and O–H groups in total. The van der Waals surface area contributed by atoms with Crippen molar-refractivity contribution in [3.8, 4) is 0 Å². The highest BCUT2D eigenvalue weighted by Gasteiger charge is 2.31. The molecule has 0 amide bonds. The molecule has 2 rings (SSSR count). The summed E-state index contributed by atoms with van der Waals surface area (Å²) in [5.41, 5.74) is 0.243. The number of hydrogen-bond donors (Lipinski definition) is 2. The molecule has 1 atom stereocenters. The Balaban J connectivity index is 2.13. The standard InChI is InChI=1S/C17H21NO2/c1-3-10-17(2,16(19)20)18-12-13-8-9-14-6-4-5-7-15(14)11-13/h4-9,11,18H,3,10,12H2,1-2H3,(H,19,20). The maximum absolute atomic E-state index is 11.4. The summed E-state index contributed by atoms with van der Waals surface area (Å²) in [4.78, 5) is 11.4. The minimum Gasteiger partial charge on any atom is -0.480 e. The Labute approximate surface area is 119 Å². The van der Waals surface area contributed by atoms with Crippen LogP contribution in [0.15, 0.2) is 42.5 Å². The minimum absolute atomic E-state index is 0.563. The number of hydrogen-bond acceptors (Lipinski definition) is 2. The third-order valence-corrected chi connectivity index (χ3v) is 3.72. The minimum atomic E-state index is -0.861. The highest BCUT2D eigenvalue weighted by Crippen LogP contribution is 2.18. The predicted molar refractivity (Wildman–Crippen MR) is 81.7 cm³/mol. The summed E-state index contributed by atoms with van der Waals surface area (Å²) in [6.07, 6.45) is 1.46. The Morgan fingerprint density at radius 3 is 2.55 bits per heavy atom. The van der Waals surface area contributed by atoms with Crippen LogP contribution in [0.3, 0.4) is 0 Å². The van der Waals surface area contributed by atoms with Crippen molar-refractivity contribution in [2.24, 2.45) is 0 Å². The molecule has 0 saturated carbocycles. The first kappa shape index (κ1) is 14.5. The SMILES string of the molecule is CCCC(C)(NCc1ccc2ccccc2c1)C(=O)O. The van der Waals surface area contributed by atoms with Crippen LogP contribution in [0.1, 0.15) is 32.3 Å². The molecule has 0 fully saturated rings. The Morgan fingerprint density at radius 2 is 1.90 bits per heavy atom. The summed E-state index contributed by atoms with van der Waals surface area (Å²) < 4.78 is 0. The normalized spacial score (nSPS) is 14.1. The number of aliphatic carboxylic acids is 1. The van der Waals surface area contributed by atoms with Gasteiger partial charge in [-0.15, -0.1) is 0 Å². The van der Waals surface area contributed by atoms with Crippen LogP contribution in [0, 0.1) is 0 Å². The van der Waals surface area contributed by atoms with Gasteiger partial charge in [-0.05, 0) is 35.7 Å². The zero-order chi connectivity index (χ0) is 14.6. The molecule has 106 valence electrons. The maximum atomic E-state index is 11.4. The number of carbonyl (C=O) groups is 1. The van der Waals surface area contributed by atoms with Crippen molar-refractivity contribution in [3.63, 3.8) is 0 Å². The molecule has 2 aromatic carbocycles. The fourth-order valence-electron chi connectivity index (χ4n) is 2.42. The molecule has 0 heterocycles. The molecule has 0 spiro atoms. The molecule has 3 nitrogen and oxygen atoms in total. The molecule has 20 heavy (non-hydrogen) atoms. The van der Waals surface area contributed by atoms with Crippen LogP contribution in [0.5, 0.6) is 0 Å². The lowest BCUT2D eigenvalue weighted by molar-refractivity contribution is -0.144. The molecule has 2 aromatic rings. The summed E-state index contributed by atoms with van der Waals surface area (Å²) in [5.74, 6) is -0.792. The summed E-state index contributed by atoms with van der Waals surface area (Å²) >= 11 is 0. The van der Waals surface area contributed by atoms with E-state index < -0.39 is 11.5 Å². The van der Waals surface area contributed by atoms with Crippen LogP contribution in [-0.2, 0) is 11.3 Å². The third kappa shape index (κ3) is 3.17. The molecule has 0 aromatic heterocycles. The van der Waals surface area contributed by atoms with Gasteiger partial charge >= 0.3 is 5.97 Å². The van der Waals surface area contributed by atoms with Crippen LogP contribution in [0.25, 0.3) is 10.8 Å². The first-order valence-electron chi connectivity index (χ1n) is 7.01. The van der Waals surface area contributed by atoms with Gasteiger partial charge in [-0.2, -0.15) is 0 Å². The molecule has 0 radical (unpaired) electrons. The Bertz CT molecular complexity index is 609. The van der Waals surface area contributed by atoms with E-state index in [4.69, 9.17) is 0 Å².